The Morgan fingerprint density at radius 1 is 1.41 bits per heavy atom. The Balaban J connectivity index is 1.99. The summed E-state index contributed by atoms with van der Waals surface area (Å²) in [6.07, 6.45) is 1.66. The monoisotopic (exact) mass is 322 g/mol. The van der Waals surface area contributed by atoms with Gasteiger partial charge in [0.05, 0.1) is 0 Å². The number of nitrogens with zero attached hydrogens (tertiary/aromatic N) is 4. The van der Waals surface area contributed by atoms with Crippen molar-refractivity contribution in [1.82, 2.24) is 14.3 Å². The van der Waals surface area contributed by atoms with Gasteiger partial charge >= 0.3 is 0 Å². The summed E-state index contributed by atoms with van der Waals surface area (Å²) in [6.45, 7) is 3.14. The molecule has 7 heteroatoms. The Morgan fingerprint density at radius 3 is 2.86 bits per heavy atom. The predicted molar refractivity (Wildman–Crippen MR) is 84.8 cm³/mol. The van der Waals surface area contributed by atoms with Crippen LogP contribution < -0.4 is 4.90 Å². The molecule has 1 aliphatic heterocycles. The normalized spacial score (nSPS) is 14.3. The molecule has 0 bridgehead atoms. The van der Waals surface area contributed by atoms with Crippen LogP contribution in [-0.4, -0.2) is 26.0 Å². The Kier molecular flexibility index (Phi) is 4.01. The van der Waals surface area contributed by atoms with Gasteiger partial charge in [0.15, 0.2) is 10.6 Å². The molecule has 0 fully saturated rings. The van der Waals surface area contributed by atoms with Crippen molar-refractivity contribution in [1.29, 1.82) is 0 Å². The van der Waals surface area contributed by atoms with Gasteiger partial charge < -0.3 is 14.6 Å². The molecule has 22 heavy (non-hydrogen) atoms. The minimum absolute atomic E-state index is 0.147. The molecule has 0 spiro atoms. The molecular weight excluding hydrogens is 303 g/mol. The standard InChI is InChI=1S/C15H19FN4OS/c1-10-5-6-12(16)11-4-3-7-19(14(10)11)9-20-15(22)18(2)13(8-21)17-20/h5-6,21H,3-4,7-9H2,1-2H3. The van der Waals surface area contributed by atoms with Gasteiger partial charge in [-0.1, -0.05) is 6.07 Å². The van der Waals surface area contributed by atoms with Gasteiger partial charge in [0.2, 0.25) is 0 Å². The van der Waals surface area contributed by atoms with Crippen molar-refractivity contribution < 1.29 is 9.50 Å². The number of aliphatic hydroxyl groups is 1. The lowest BCUT2D eigenvalue weighted by molar-refractivity contribution is 0.265. The lowest BCUT2D eigenvalue weighted by atomic mass is 9.98. The maximum Gasteiger partial charge on any atom is 0.199 e. The van der Waals surface area contributed by atoms with E-state index < -0.39 is 0 Å². The largest absolute Gasteiger partial charge is 0.388 e. The number of hydrogen-bond acceptors (Lipinski definition) is 4. The zero-order chi connectivity index (χ0) is 15.9. The number of anilines is 1. The minimum atomic E-state index is -0.155. The van der Waals surface area contributed by atoms with Gasteiger partial charge in [0.25, 0.3) is 0 Å². The molecule has 0 unspecified atom stereocenters. The van der Waals surface area contributed by atoms with E-state index >= 15 is 0 Å². The summed E-state index contributed by atoms with van der Waals surface area (Å²) in [4.78, 5) is 2.11. The number of aryl methyl sites for hydroxylation is 1. The molecule has 2 aromatic rings. The van der Waals surface area contributed by atoms with E-state index in [4.69, 9.17) is 12.2 Å². The number of benzene rings is 1. The Bertz CT molecular complexity index is 768. The van der Waals surface area contributed by atoms with Crippen molar-refractivity contribution in [3.8, 4) is 0 Å². The predicted octanol–water partition coefficient (Wildman–Crippen LogP) is 2.30. The molecule has 1 aromatic heterocycles. The topological polar surface area (TPSA) is 46.2 Å². The van der Waals surface area contributed by atoms with E-state index in [9.17, 15) is 9.50 Å². The lowest BCUT2D eigenvalue weighted by Gasteiger charge is -2.32. The highest BCUT2D eigenvalue weighted by Gasteiger charge is 2.23. The average Bonchev–Trinajstić information content (AvgIpc) is 2.79. The number of halogens is 1. The highest BCUT2D eigenvalue weighted by Crippen LogP contribution is 2.32. The molecule has 1 aliphatic rings. The lowest BCUT2D eigenvalue weighted by Crippen LogP contribution is -2.33. The molecule has 0 radical (unpaired) electrons. The summed E-state index contributed by atoms with van der Waals surface area (Å²) in [5, 5.41) is 13.6. The van der Waals surface area contributed by atoms with Crippen LogP contribution in [0.1, 0.15) is 23.4 Å². The van der Waals surface area contributed by atoms with Crippen molar-refractivity contribution in [3.63, 3.8) is 0 Å². The van der Waals surface area contributed by atoms with Gasteiger partial charge in [-0.15, -0.1) is 0 Å². The molecule has 0 saturated carbocycles. The van der Waals surface area contributed by atoms with Crippen LogP contribution in [0.15, 0.2) is 12.1 Å². The quantitative estimate of drug-likeness (QED) is 0.881. The Labute approximate surface area is 133 Å². The highest BCUT2D eigenvalue weighted by molar-refractivity contribution is 7.71. The molecule has 0 saturated heterocycles. The fourth-order valence-electron chi connectivity index (χ4n) is 3.03. The smallest absolute Gasteiger partial charge is 0.199 e. The molecule has 0 amide bonds. The first kappa shape index (κ1) is 15.2. The van der Waals surface area contributed by atoms with Crippen LogP contribution in [0, 0.1) is 17.5 Å². The van der Waals surface area contributed by atoms with Gasteiger partial charge in [-0.3, -0.25) is 0 Å². The van der Waals surface area contributed by atoms with Crippen molar-refractivity contribution in [3.05, 3.63) is 39.7 Å². The van der Waals surface area contributed by atoms with Crippen molar-refractivity contribution in [2.75, 3.05) is 11.4 Å². The molecule has 5 nitrogen and oxygen atoms in total. The summed E-state index contributed by atoms with van der Waals surface area (Å²) < 4.78 is 18.0. The van der Waals surface area contributed by atoms with E-state index in [1.165, 1.54) is 6.07 Å². The number of hydrogen-bond donors (Lipinski definition) is 1. The first-order chi connectivity index (χ1) is 10.5. The zero-order valence-corrected chi connectivity index (χ0v) is 13.5. The van der Waals surface area contributed by atoms with Crippen molar-refractivity contribution >= 4 is 17.9 Å². The minimum Gasteiger partial charge on any atom is -0.388 e. The van der Waals surface area contributed by atoms with E-state index in [2.05, 4.69) is 10.00 Å². The maximum atomic E-state index is 14.1. The van der Waals surface area contributed by atoms with E-state index in [0.717, 1.165) is 36.2 Å². The number of aliphatic hydroxyl groups excluding tert-OH is 1. The van der Waals surface area contributed by atoms with Gasteiger partial charge in [-0.2, -0.15) is 5.10 Å². The van der Waals surface area contributed by atoms with Crippen LogP contribution >= 0.6 is 12.2 Å². The van der Waals surface area contributed by atoms with Gasteiger partial charge in [-0.05, 0) is 43.6 Å². The van der Waals surface area contributed by atoms with Crippen LogP contribution in [0.2, 0.25) is 0 Å². The fraction of sp³-hybridized carbons (Fsp3) is 0.467. The molecule has 1 N–H and O–H groups in total. The van der Waals surface area contributed by atoms with Crippen molar-refractivity contribution in [2.45, 2.75) is 33.0 Å². The molecule has 2 heterocycles. The third-order valence-corrected chi connectivity index (χ3v) is 4.66. The van der Waals surface area contributed by atoms with Crippen LogP contribution in [0.3, 0.4) is 0 Å². The fourth-order valence-corrected chi connectivity index (χ4v) is 3.23. The van der Waals surface area contributed by atoms with E-state index in [1.807, 2.05) is 13.0 Å². The summed E-state index contributed by atoms with van der Waals surface area (Å²) in [5.74, 6) is 0.379. The van der Waals surface area contributed by atoms with E-state index in [-0.39, 0.29) is 12.4 Å². The molecular formula is C15H19FN4OS. The average molecular weight is 322 g/mol. The van der Waals surface area contributed by atoms with Crippen molar-refractivity contribution in [2.24, 2.45) is 7.05 Å². The van der Waals surface area contributed by atoms with Crippen LogP contribution in [0.4, 0.5) is 10.1 Å². The second-order valence-corrected chi connectivity index (χ2v) is 5.98. The Morgan fingerprint density at radius 2 is 2.18 bits per heavy atom. The second kappa shape index (κ2) is 5.81. The van der Waals surface area contributed by atoms with Gasteiger partial charge in [0.1, 0.15) is 19.1 Å². The molecule has 1 aromatic carbocycles. The van der Waals surface area contributed by atoms with Crippen LogP contribution in [0.25, 0.3) is 0 Å². The van der Waals surface area contributed by atoms with E-state index in [1.54, 1.807) is 16.3 Å². The summed E-state index contributed by atoms with van der Waals surface area (Å²) >= 11 is 5.36. The second-order valence-electron chi connectivity index (χ2n) is 5.62. The highest BCUT2D eigenvalue weighted by atomic mass is 32.1. The number of aromatic nitrogens is 3. The SMILES string of the molecule is Cc1ccc(F)c2c1N(Cn1nc(CO)n(C)c1=S)CCC2. The van der Waals surface area contributed by atoms with E-state index in [0.29, 0.717) is 17.3 Å². The first-order valence-electron chi connectivity index (χ1n) is 7.29. The first-order valence-corrected chi connectivity index (χ1v) is 7.70. The van der Waals surface area contributed by atoms with Crippen LogP contribution in [0.5, 0.6) is 0 Å². The number of fused-ring (bicyclic) bond motifs is 1. The Hall–Kier alpha value is -1.73. The molecule has 118 valence electrons. The summed E-state index contributed by atoms with van der Waals surface area (Å²) in [5.41, 5.74) is 2.78. The summed E-state index contributed by atoms with van der Waals surface area (Å²) in [7, 11) is 1.78. The molecule has 0 atom stereocenters. The number of rotatable bonds is 3. The van der Waals surface area contributed by atoms with Crippen LogP contribution in [-0.2, 0) is 26.7 Å². The van der Waals surface area contributed by atoms with Gasteiger partial charge in [0, 0.05) is 24.8 Å². The maximum absolute atomic E-state index is 14.1. The zero-order valence-electron chi connectivity index (χ0n) is 12.7. The molecule has 0 aliphatic carbocycles. The third-order valence-electron chi connectivity index (χ3n) is 4.18. The molecule has 3 rings (SSSR count). The summed E-state index contributed by atoms with van der Waals surface area (Å²) in [6, 6.07) is 3.34. The third kappa shape index (κ3) is 2.44. The van der Waals surface area contributed by atoms with Gasteiger partial charge in [-0.25, -0.2) is 9.07 Å².